The van der Waals surface area contributed by atoms with Gasteiger partial charge in [0.15, 0.2) is 6.29 Å². The molecule has 3 rings (SSSR count). The minimum atomic E-state index is -0.819. The number of allylic oxidation sites excluding steroid dienone is 1. The van der Waals surface area contributed by atoms with Crippen LogP contribution in [0.1, 0.15) is 31.7 Å². The molecule has 6 heteroatoms. The van der Waals surface area contributed by atoms with Gasteiger partial charge in [-0.25, -0.2) is 0 Å². The van der Waals surface area contributed by atoms with E-state index in [0.29, 0.717) is 22.7 Å². The molecule has 3 atom stereocenters. The van der Waals surface area contributed by atoms with Crippen LogP contribution in [-0.4, -0.2) is 46.4 Å². The average Bonchev–Trinajstić information content (AvgIpc) is 3.32. The Hall–Kier alpha value is -2.67. The minimum absolute atomic E-state index is 0.174. The van der Waals surface area contributed by atoms with E-state index in [1.165, 1.54) is 5.56 Å². The number of furan rings is 1. The topological polar surface area (TPSA) is 83.1 Å². The summed E-state index contributed by atoms with van der Waals surface area (Å²) in [6.45, 7) is 9.61. The second-order valence-corrected chi connectivity index (χ2v) is 7.55. The quantitative estimate of drug-likeness (QED) is 0.485. The smallest absolute Gasteiger partial charge is 0.165 e. The van der Waals surface area contributed by atoms with Crippen molar-refractivity contribution in [2.45, 2.75) is 51.0 Å². The van der Waals surface area contributed by atoms with Crippen molar-refractivity contribution < 1.29 is 24.2 Å². The molecule has 2 aromatic rings. The van der Waals surface area contributed by atoms with Gasteiger partial charge in [0.05, 0.1) is 18.4 Å². The lowest BCUT2D eigenvalue weighted by molar-refractivity contribution is -0.107. The first-order valence-electron chi connectivity index (χ1n) is 10.2. The molecule has 2 unspecified atom stereocenters. The summed E-state index contributed by atoms with van der Waals surface area (Å²) in [5, 5.41) is 20.0. The molecule has 0 spiro atoms. The SMILES string of the molecule is C=C(C=O)N(/C=c1/cc(-c2ccc(CCCC)cc2)oc1=C)C1C[C@H](O)C(CO)O1. The van der Waals surface area contributed by atoms with Gasteiger partial charge in [-0.15, -0.1) is 0 Å². The standard InChI is InChI=1S/C24H29NO5/c1-4-5-6-18-7-9-19(10-8-18)22-11-20(17(3)29-22)13-25(16(2)14-26)24-12-21(28)23(15-27)30-24/h7-11,13-14,21,23-24,27-28H,2-6,12,15H2,1H3/b20-13-/t21-,23?,24?/m0/s1. The van der Waals surface area contributed by atoms with Gasteiger partial charge in [0, 0.05) is 23.4 Å². The lowest BCUT2D eigenvalue weighted by Crippen LogP contribution is -2.34. The second kappa shape index (κ2) is 9.89. The summed E-state index contributed by atoms with van der Waals surface area (Å²) in [5.74, 6) is 0.672. The molecule has 1 saturated heterocycles. The summed E-state index contributed by atoms with van der Waals surface area (Å²) in [6.07, 6.45) is 3.78. The number of aldehydes is 1. The Balaban J connectivity index is 1.88. The Morgan fingerprint density at radius 2 is 2.07 bits per heavy atom. The van der Waals surface area contributed by atoms with Gasteiger partial charge < -0.3 is 24.3 Å². The van der Waals surface area contributed by atoms with E-state index in [4.69, 9.17) is 9.15 Å². The highest BCUT2D eigenvalue weighted by atomic mass is 16.5. The van der Waals surface area contributed by atoms with Crippen molar-refractivity contribution in [3.05, 3.63) is 58.8 Å². The Labute approximate surface area is 176 Å². The van der Waals surface area contributed by atoms with Crippen LogP contribution in [0.25, 0.3) is 24.1 Å². The van der Waals surface area contributed by atoms with E-state index in [1.807, 2.05) is 18.2 Å². The number of nitrogens with zero attached hydrogens (tertiary/aromatic N) is 1. The maximum Gasteiger partial charge on any atom is 0.165 e. The van der Waals surface area contributed by atoms with Crippen molar-refractivity contribution in [3.63, 3.8) is 0 Å². The monoisotopic (exact) mass is 411 g/mol. The molecule has 2 heterocycles. The fourth-order valence-electron chi connectivity index (χ4n) is 3.52. The number of ether oxygens (including phenoxy) is 1. The van der Waals surface area contributed by atoms with Crippen LogP contribution in [0, 0.1) is 0 Å². The maximum atomic E-state index is 11.4. The zero-order chi connectivity index (χ0) is 21.7. The van der Waals surface area contributed by atoms with Crippen LogP contribution >= 0.6 is 0 Å². The molecule has 1 aromatic heterocycles. The highest BCUT2D eigenvalue weighted by Gasteiger charge is 2.36. The van der Waals surface area contributed by atoms with Crippen LogP contribution < -0.4 is 10.6 Å². The number of carbonyl (C=O) groups excluding carboxylic acids is 1. The van der Waals surface area contributed by atoms with Gasteiger partial charge in [-0.2, -0.15) is 0 Å². The number of aliphatic hydroxyl groups excluding tert-OH is 2. The molecule has 0 aliphatic carbocycles. The fourth-order valence-corrected chi connectivity index (χ4v) is 3.52. The third-order valence-electron chi connectivity index (χ3n) is 5.34. The molecule has 1 aromatic carbocycles. The van der Waals surface area contributed by atoms with E-state index >= 15 is 0 Å². The molecular weight excluding hydrogens is 382 g/mol. The molecule has 1 aliphatic rings. The normalized spacial score (nSPS) is 21.7. The summed E-state index contributed by atoms with van der Waals surface area (Å²) in [6, 6.07) is 10.1. The predicted octanol–water partition coefficient (Wildman–Crippen LogP) is 1.92. The van der Waals surface area contributed by atoms with Crippen molar-refractivity contribution >= 4 is 19.1 Å². The molecule has 0 bridgehead atoms. The molecule has 30 heavy (non-hydrogen) atoms. The highest BCUT2D eigenvalue weighted by molar-refractivity contribution is 5.73. The first-order chi connectivity index (χ1) is 14.5. The summed E-state index contributed by atoms with van der Waals surface area (Å²) < 4.78 is 11.5. The molecule has 6 nitrogen and oxygen atoms in total. The zero-order valence-corrected chi connectivity index (χ0v) is 17.3. The third-order valence-corrected chi connectivity index (χ3v) is 5.34. The number of hydrogen-bond donors (Lipinski definition) is 2. The third kappa shape index (κ3) is 4.90. The summed E-state index contributed by atoms with van der Waals surface area (Å²) in [7, 11) is 0. The number of unbranched alkanes of at least 4 members (excludes halogenated alkanes) is 1. The van der Waals surface area contributed by atoms with Gasteiger partial charge in [0.1, 0.15) is 23.5 Å². The number of aliphatic hydroxyl groups is 2. The van der Waals surface area contributed by atoms with E-state index in [1.54, 1.807) is 11.1 Å². The van der Waals surface area contributed by atoms with E-state index in [9.17, 15) is 15.0 Å². The van der Waals surface area contributed by atoms with Gasteiger partial charge in [-0.3, -0.25) is 4.79 Å². The Kier molecular flexibility index (Phi) is 7.26. The molecule has 1 fully saturated rings. The fraction of sp³-hybridized carbons (Fsp3) is 0.375. The predicted molar refractivity (Wildman–Crippen MR) is 115 cm³/mol. The average molecular weight is 411 g/mol. The Bertz CT molecular complexity index is 978. The lowest BCUT2D eigenvalue weighted by atomic mass is 10.1. The van der Waals surface area contributed by atoms with Crippen molar-refractivity contribution in [2.24, 2.45) is 0 Å². The first-order valence-corrected chi connectivity index (χ1v) is 10.2. The van der Waals surface area contributed by atoms with E-state index in [2.05, 4.69) is 32.2 Å². The van der Waals surface area contributed by atoms with Crippen LogP contribution in [0.4, 0.5) is 0 Å². The van der Waals surface area contributed by atoms with Crippen LogP contribution in [0.2, 0.25) is 0 Å². The number of carbonyl (C=O) groups is 1. The summed E-state index contributed by atoms with van der Waals surface area (Å²) in [5.41, 5.74) is 2.85. The molecular formula is C24H29NO5. The van der Waals surface area contributed by atoms with Crippen LogP contribution in [0.3, 0.4) is 0 Å². The van der Waals surface area contributed by atoms with E-state index in [0.717, 1.165) is 24.8 Å². The summed E-state index contributed by atoms with van der Waals surface area (Å²) >= 11 is 0. The van der Waals surface area contributed by atoms with E-state index < -0.39 is 18.4 Å². The van der Waals surface area contributed by atoms with Gasteiger partial charge in [-0.1, -0.05) is 50.8 Å². The van der Waals surface area contributed by atoms with Gasteiger partial charge in [-0.05, 0) is 24.5 Å². The zero-order valence-electron chi connectivity index (χ0n) is 17.3. The van der Waals surface area contributed by atoms with Gasteiger partial charge in [0.25, 0.3) is 0 Å². The Morgan fingerprint density at radius 1 is 1.33 bits per heavy atom. The molecule has 2 N–H and O–H groups in total. The molecule has 0 amide bonds. The maximum absolute atomic E-state index is 11.4. The van der Waals surface area contributed by atoms with Crippen LogP contribution in [0.15, 0.2) is 47.0 Å². The molecule has 0 radical (unpaired) electrons. The molecule has 0 saturated carbocycles. The van der Waals surface area contributed by atoms with Gasteiger partial charge >= 0.3 is 0 Å². The Morgan fingerprint density at radius 3 is 2.67 bits per heavy atom. The van der Waals surface area contributed by atoms with Crippen LogP contribution in [-0.2, 0) is 16.0 Å². The van der Waals surface area contributed by atoms with Gasteiger partial charge in [0.2, 0.25) is 0 Å². The number of hydrogen-bond acceptors (Lipinski definition) is 6. The highest BCUT2D eigenvalue weighted by Crippen LogP contribution is 2.25. The molecule has 160 valence electrons. The summed E-state index contributed by atoms with van der Waals surface area (Å²) in [4.78, 5) is 12.9. The second-order valence-electron chi connectivity index (χ2n) is 7.55. The van der Waals surface area contributed by atoms with Crippen LogP contribution in [0.5, 0.6) is 0 Å². The van der Waals surface area contributed by atoms with Crippen molar-refractivity contribution in [1.82, 2.24) is 4.90 Å². The first kappa shape index (κ1) is 22.0. The lowest BCUT2D eigenvalue weighted by Gasteiger charge is -2.26. The minimum Gasteiger partial charge on any atom is -0.457 e. The van der Waals surface area contributed by atoms with E-state index in [-0.39, 0.29) is 18.7 Å². The number of benzene rings is 1. The largest absolute Gasteiger partial charge is 0.457 e. The van der Waals surface area contributed by atoms with Crippen molar-refractivity contribution in [1.29, 1.82) is 0 Å². The number of aryl methyl sites for hydroxylation is 1. The molecule has 1 aliphatic heterocycles. The van der Waals surface area contributed by atoms with Crippen molar-refractivity contribution in [2.75, 3.05) is 6.61 Å². The van der Waals surface area contributed by atoms with Crippen molar-refractivity contribution in [3.8, 4) is 11.3 Å². The number of rotatable bonds is 9.